The summed E-state index contributed by atoms with van der Waals surface area (Å²) in [4.78, 5) is 13.4. The molecule has 8 heteroatoms. The lowest BCUT2D eigenvalue weighted by Crippen LogP contribution is -2.20. The molecule has 132 valence electrons. The van der Waals surface area contributed by atoms with Crippen LogP contribution in [0.1, 0.15) is 52.2 Å². The molecule has 2 atom stereocenters. The van der Waals surface area contributed by atoms with Crippen LogP contribution in [-0.4, -0.2) is 39.3 Å². The number of nitrogens with zero attached hydrogens (tertiary/aromatic N) is 4. The fourth-order valence-electron chi connectivity index (χ4n) is 3.10. The molecule has 0 amide bonds. The molecule has 3 heterocycles. The van der Waals surface area contributed by atoms with E-state index in [1.807, 2.05) is 4.57 Å². The summed E-state index contributed by atoms with van der Waals surface area (Å²) in [6.07, 6.45) is 5.08. The van der Waals surface area contributed by atoms with Crippen LogP contribution in [0.5, 0.6) is 6.01 Å². The predicted octanol–water partition coefficient (Wildman–Crippen LogP) is 2.72. The molecule has 2 aromatic rings. The van der Waals surface area contributed by atoms with Gasteiger partial charge in [-0.15, -0.1) is 0 Å². The number of hydrogen-bond donors (Lipinski definition) is 2. The van der Waals surface area contributed by atoms with Crippen molar-refractivity contribution in [1.82, 2.24) is 19.5 Å². The summed E-state index contributed by atoms with van der Waals surface area (Å²) >= 11 is 0. The van der Waals surface area contributed by atoms with Crippen molar-refractivity contribution in [2.75, 3.05) is 24.8 Å². The number of nitrogens with two attached hydrogens (primary N) is 1. The Balaban J connectivity index is 2.02. The van der Waals surface area contributed by atoms with Crippen LogP contribution >= 0.6 is 0 Å². The van der Waals surface area contributed by atoms with Gasteiger partial charge in [-0.2, -0.15) is 15.0 Å². The van der Waals surface area contributed by atoms with E-state index in [9.17, 15) is 0 Å². The van der Waals surface area contributed by atoms with Gasteiger partial charge in [0.15, 0.2) is 17.0 Å². The third-order valence-corrected chi connectivity index (χ3v) is 4.26. The van der Waals surface area contributed by atoms with E-state index in [2.05, 4.69) is 34.1 Å². The summed E-state index contributed by atoms with van der Waals surface area (Å²) in [7, 11) is 1.59. The number of ether oxygens (including phenoxy) is 2. The highest BCUT2D eigenvalue weighted by Gasteiger charge is 2.25. The second kappa shape index (κ2) is 7.21. The molecular formula is C16H26N6O2. The number of imidazole rings is 1. The molecule has 0 aliphatic carbocycles. The summed E-state index contributed by atoms with van der Waals surface area (Å²) < 4.78 is 13.2. The first kappa shape index (κ1) is 16.8. The van der Waals surface area contributed by atoms with Gasteiger partial charge in [-0.25, -0.2) is 0 Å². The quantitative estimate of drug-likeness (QED) is 0.837. The molecule has 8 nitrogen and oxygen atoms in total. The molecule has 1 saturated heterocycles. The van der Waals surface area contributed by atoms with E-state index < -0.39 is 0 Å². The summed E-state index contributed by atoms with van der Waals surface area (Å²) in [5.74, 6) is 0.861. The molecule has 0 bridgehead atoms. The van der Waals surface area contributed by atoms with Gasteiger partial charge in [0.2, 0.25) is 5.95 Å². The Morgan fingerprint density at radius 3 is 2.88 bits per heavy atom. The van der Waals surface area contributed by atoms with Crippen molar-refractivity contribution < 1.29 is 9.47 Å². The van der Waals surface area contributed by atoms with Crippen LogP contribution in [0.25, 0.3) is 11.2 Å². The van der Waals surface area contributed by atoms with Crippen LogP contribution in [0, 0.1) is 0 Å². The Labute approximate surface area is 141 Å². The highest BCUT2D eigenvalue weighted by Crippen LogP contribution is 2.33. The van der Waals surface area contributed by atoms with Crippen LogP contribution in [0.15, 0.2) is 0 Å². The average molecular weight is 334 g/mol. The Morgan fingerprint density at radius 2 is 2.21 bits per heavy atom. The standard InChI is InChI=1S/C16H26N6O2/c1-4-7-10(2)18-15-20-13(17)12-14(21-15)22(16(19-12)23-3)11-8-5-6-9-24-11/h10-11H,4-9H2,1-3H3,(H3,17,18,20,21)/t10-,11?/m1/s1. The monoisotopic (exact) mass is 334 g/mol. The highest BCUT2D eigenvalue weighted by atomic mass is 16.5. The molecule has 1 unspecified atom stereocenters. The molecule has 0 aromatic carbocycles. The van der Waals surface area contributed by atoms with Crippen LogP contribution in [0.4, 0.5) is 11.8 Å². The van der Waals surface area contributed by atoms with Gasteiger partial charge in [0.1, 0.15) is 6.23 Å². The number of rotatable bonds is 6. The van der Waals surface area contributed by atoms with Gasteiger partial charge in [0, 0.05) is 12.6 Å². The molecule has 0 spiro atoms. The van der Waals surface area contributed by atoms with E-state index in [1.54, 1.807) is 7.11 Å². The van der Waals surface area contributed by atoms with E-state index in [1.165, 1.54) is 0 Å². The van der Waals surface area contributed by atoms with Crippen molar-refractivity contribution in [3.05, 3.63) is 0 Å². The van der Waals surface area contributed by atoms with Crippen LogP contribution in [0.3, 0.4) is 0 Å². The minimum Gasteiger partial charge on any atom is -0.468 e. The largest absolute Gasteiger partial charge is 0.468 e. The Morgan fingerprint density at radius 1 is 1.38 bits per heavy atom. The topological polar surface area (TPSA) is 100 Å². The third kappa shape index (κ3) is 3.24. The number of methoxy groups -OCH3 is 1. The molecule has 1 aliphatic rings. The maximum Gasteiger partial charge on any atom is 0.300 e. The first-order valence-corrected chi connectivity index (χ1v) is 8.61. The minimum atomic E-state index is -0.131. The van der Waals surface area contributed by atoms with E-state index in [4.69, 9.17) is 15.2 Å². The highest BCUT2D eigenvalue weighted by molar-refractivity contribution is 5.84. The Bertz CT molecular complexity index is 695. The Hall–Kier alpha value is -2.09. The first-order valence-electron chi connectivity index (χ1n) is 8.61. The van der Waals surface area contributed by atoms with Crippen molar-refractivity contribution in [2.24, 2.45) is 0 Å². The van der Waals surface area contributed by atoms with Gasteiger partial charge in [-0.1, -0.05) is 13.3 Å². The normalized spacial score (nSPS) is 19.4. The van der Waals surface area contributed by atoms with Crippen LogP contribution in [-0.2, 0) is 4.74 Å². The molecular weight excluding hydrogens is 308 g/mol. The average Bonchev–Trinajstić information content (AvgIpc) is 2.95. The van der Waals surface area contributed by atoms with Gasteiger partial charge in [0.05, 0.1) is 7.11 Å². The summed E-state index contributed by atoms with van der Waals surface area (Å²) in [6, 6.07) is 0.729. The third-order valence-electron chi connectivity index (χ3n) is 4.26. The molecule has 1 fully saturated rings. The minimum absolute atomic E-state index is 0.131. The van der Waals surface area contributed by atoms with E-state index >= 15 is 0 Å². The van der Waals surface area contributed by atoms with Crippen LogP contribution in [0.2, 0.25) is 0 Å². The number of nitrogen functional groups attached to an aromatic ring is 1. The van der Waals surface area contributed by atoms with Crippen molar-refractivity contribution in [3.8, 4) is 6.01 Å². The summed E-state index contributed by atoms with van der Waals surface area (Å²) in [5.41, 5.74) is 7.31. The number of anilines is 2. The van der Waals surface area contributed by atoms with Gasteiger partial charge in [-0.05, 0) is 32.6 Å². The molecule has 3 N–H and O–H groups in total. The lowest BCUT2D eigenvalue weighted by molar-refractivity contribution is -0.0334. The fourth-order valence-corrected chi connectivity index (χ4v) is 3.10. The number of nitrogens with one attached hydrogen (secondary N) is 1. The predicted molar refractivity (Wildman–Crippen MR) is 93.1 cm³/mol. The van der Waals surface area contributed by atoms with E-state index in [-0.39, 0.29) is 12.3 Å². The lowest BCUT2D eigenvalue weighted by Gasteiger charge is -2.24. The zero-order chi connectivity index (χ0) is 17.1. The SMILES string of the molecule is CCC[C@@H](C)Nc1nc(N)c2nc(OC)n(C3CCCCO3)c2n1. The van der Waals surface area contributed by atoms with Gasteiger partial charge < -0.3 is 20.5 Å². The van der Waals surface area contributed by atoms with Crippen molar-refractivity contribution in [1.29, 1.82) is 0 Å². The van der Waals surface area contributed by atoms with Crippen molar-refractivity contribution >= 4 is 22.9 Å². The van der Waals surface area contributed by atoms with Gasteiger partial charge in [-0.3, -0.25) is 4.57 Å². The van der Waals surface area contributed by atoms with Gasteiger partial charge in [0.25, 0.3) is 0 Å². The molecule has 0 saturated carbocycles. The second-order valence-electron chi connectivity index (χ2n) is 6.23. The fraction of sp³-hybridized carbons (Fsp3) is 0.688. The zero-order valence-electron chi connectivity index (χ0n) is 14.6. The smallest absolute Gasteiger partial charge is 0.300 e. The molecule has 2 aromatic heterocycles. The maximum atomic E-state index is 6.11. The summed E-state index contributed by atoms with van der Waals surface area (Å²) in [6.45, 7) is 4.99. The molecule has 1 aliphatic heterocycles. The number of fused-ring (bicyclic) bond motifs is 1. The van der Waals surface area contributed by atoms with Gasteiger partial charge >= 0.3 is 6.01 Å². The maximum absolute atomic E-state index is 6.11. The molecule has 24 heavy (non-hydrogen) atoms. The summed E-state index contributed by atoms with van der Waals surface area (Å²) in [5, 5.41) is 3.31. The van der Waals surface area contributed by atoms with Crippen LogP contribution < -0.4 is 15.8 Å². The van der Waals surface area contributed by atoms with Crippen molar-refractivity contribution in [3.63, 3.8) is 0 Å². The first-order chi connectivity index (χ1) is 11.6. The van der Waals surface area contributed by atoms with Crippen molar-refractivity contribution in [2.45, 2.75) is 58.2 Å². The zero-order valence-corrected chi connectivity index (χ0v) is 14.6. The number of hydrogen-bond acceptors (Lipinski definition) is 7. The van der Waals surface area contributed by atoms with E-state index in [0.717, 1.165) is 38.7 Å². The molecule has 3 rings (SSSR count). The number of aromatic nitrogens is 4. The molecule has 0 radical (unpaired) electrons. The lowest BCUT2D eigenvalue weighted by atomic mass is 10.2. The second-order valence-corrected chi connectivity index (χ2v) is 6.23. The Kier molecular flexibility index (Phi) is 5.03. The van der Waals surface area contributed by atoms with E-state index in [0.29, 0.717) is 28.9 Å².